The fourth-order valence-corrected chi connectivity index (χ4v) is 3.97. The van der Waals surface area contributed by atoms with Crippen LogP contribution in [0.15, 0.2) is 59.5 Å². The second-order valence-corrected chi connectivity index (χ2v) is 7.74. The monoisotopic (exact) mass is 390 g/mol. The molecule has 5 nitrogen and oxygen atoms in total. The Kier molecular flexibility index (Phi) is 7.27. The number of halogens is 1. The minimum absolute atomic E-state index is 0.223. The van der Waals surface area contributed by atoms with Crippen molar-refractivity contribution in [3.8, 4) is 0 Å². The molecule has 0 spiro atoms. The number of hydrogen-bond acceptors (Lipinski definition) is 3. The van der Waals surface area contributed by atoms with E-state index in [2.05, 4.69) is 5.32 Å². The van der Waals surface area contributed by atoms with Crippen LogP contribution in [0.5, 0.6) is 0 Å². The maximum atomic E-state index is 13.5. The van der Waals surface area contributed by atoms with Crippen molar-refractivity contribution in [2.45, 2.75) is 25.3 Å². The van der Waals surface area contributed by atoms with Crippen molar-refractivity contribution in [2.24, 2.45) is 0 Å². The van der Waals surface area contributed by atoms with Gasteiger partial charge in [-0.25, -0.2) is 12.8 Å². The van der Waals surface area contributed by atoms with Crippen LogP contribution in [0.1, 0.15) is 25.0 Å². The van der Waals surface area contributed by atoms with Crippen LogP contribution < -0.4 is 5.32 Å². The number of carbonyl (C=O) groups excluding carboxylic acids is 1. The molecule has 0 saturated carbocycles. The van der Waals surface area contributed by atoms with Gasteiger partial charge in [-0.2, -0.15) is 4.31 Å². The average molecular weight is 390 g/mol. The first-order chi connectivity index (χ1) is 12.9. The lowest BCUT2D eigenvalue weighted by Gasteiger charge is -2.18. The maximum absolute atomic E-state index is 13.5. The molecule has 1 amide bonds. The number of benzene rings is 2. The summed E-state index contributed by atoms with van der Waals surface area (Å²) in [6.07, 6.45) is 2.67. The largest absolute Gasteiger partial charge is 0.348 e. The molecule has 1 N–H and O–H groups in total. The van der Waals surface area contributed by atoms with Gasteiger partial charge in [-0.15, -0.1) is 0 Å². The molecule has 2 rings (SSSR count). The smallest absolute Gasteiger partial charge is 0.244 e. The van der Waals surface area contributed by atoms with Gasteiger partial charge in [0.25, 0.3) is 0 Å². The summed E-state index contributed by atoms with van der Waals surface area (Å²) < 4.78 is 39.8. The van der Waals surface area contributed by atoms with Crippen LogP contribution in [-0.4, -0.2) is 31.7 Å². The molecule has 144 valence electrons. The predicted octanol–water partition coefficient (Wildman–Crippen LogP) is 3.19. The predicted molar refractivity (Wildman–Crippen MR) is 104 cm³/mol. The number of nitrogens with zero attached hydrogens (tertiary/aromatic N) is 1. The summed E-state index contributed by atoms with van der Waals surface area (Å²) in [5, 5.41) is 2.68. The van der Waals surface area contributed by atoms with Gasteiger partial charge in [-0.3, -0.25) is 4.79 Å². The molecule has 27 heavy (non-hydrogen) atoms. The molecule has 2 aromatic carbocycles. The first-order valence-corrected chi connectivity index (χ1v) is 10.1. The van der Waals surface area contributed by atoms with Crippen LogP contribution in [0.3, 0.4) is 0 Å². The summed E-state index contributed by atoms with van der Waals surface area (Å²) in [4.78, 5) is 12.1. The van der Waals surface area contributed by atoms with E-state index in [1.54, 1.807) is 44.2 Å². The molecule has 0 heterocycles. The second-order valence-electron chi connectivity index (χ2n) is 5.81. The zero-order valence-electron chi connectivity index (χ0n) is 15.4. The minimum atomic E-state index is -3.49. The minimum Gasteiger partial charge on any atom is -0.348 e. The molecule has 0 fully saturated rings. The highest BCUT2D eigenvalue weighted by Gasteiger charge is 2.21. The van der Waals surface area contributed by atoms with Gasteiger partial charge in [-0.1, -0.05) is 44.2 Å². The first kappa shape index (κ1) is 20.8. The Morgan fingerprint density at radius 1 is 1.07 bits per heavy atom. The van der Waals surface area contributed by atoms with Crippen LogP contribution in [0.25, 0.3) is 6.08 Å². The molecular formula is C20H23FN2O3S. The third kappa shape index (κ3) is 5.48. The zero-order chi connectivity index (χ0) is 19.9. The van der Waals surface area contributed by atoms with Crippen molar-refractivity contribution in [1.29, 1.82) is 0 Å². The summed E-state index contributed by atoms with van der Waals surface area (Å²) >= 11 is 0. The second kappa shape index (κ2) is 9.43. The van der Waals surface area contributed by atoms with E-state index in [9.17, 15) is 17.6 Å². The number of nitrogens with one attached hydrogen (secondary N) is 1. The van der Waals surface area contributed by atoms with Crippen molar-refractivity contribution < 1.29 is 17.6 Å². The molecule has 0 unspecified atom stereocenters. The van der Waals surface area contributed by atoms with Gasteiger partial charge in [0.2, 0.25) is 15.9 Å². The summed E-state index contributed by atoms with van der Waals surface area (Å²) in [5.41, 5.74) is 1.10. The Balaban J connectivity index is 1.97. The lowest BCUT2D eigenvalue weighted by atomic mass is 10.2. The summed E-state index contributed by atoms with van der Waals surface area (Å²) in [5.74, 6) is -0.760. The SMILES string of the molecule is CCN(CC)S(=O)(=O)c1ccc(CNC(=O)C=Cc2ccccc2F)cc1. The van der Waals surface area contributed by atoms with E-state index in [1.807, 2.05) is 0 Å². The standard InChI is InChI=1S/C20H23FN2O3S/c1-3-23(4-2)27(25,26)18-12-9-16(10-13-18)15-22-20(24)14-11-17-7-5-6-8-19(17)21/h5-14H,3-4,15H2,1-2H3,(H,22,24). The van der Waals surface area contributed by atoms with Crippen LogP contribution >= 0.6 is 0 Å². The van der Waals surface area contributed by atoms with Crippen molar-refractivity contribution in [3.05, 3.63) is 71.6 Å². The molecule has 7 heteroatoms. The van der Waals surface area contributed by atoms with Crippen LogP contribution in [-0.2, 0) is 21.4 Å². The van der Waals surface area contributed by atoms with Gasteiger partial charge in [0, 0.05) is 31.3 Å². The van der Waals surface area contributed by atoms with E-state index in [4.69, 9.17) is 0 Å². The average Bonchev–Trinajstić information content (AvgIpc) is 2.67. The fraction of sp³-hybridized carbons (Fsp3) is 0.250. The van der Waals surface area contributed by atoms with Crippen molar-refractivity contribution in [3.63, 3.8) is 0 Å². The third-order valence-corrected chi connectivity index (χ3v) is 6.12. The quantitative estimate of drug-likeness (QED) is 0.704. The van der Waals surface area contributed by atoms with E-state index < -0.39 is 15.8 Å². The summed E-state index contributed by atoms with van der Waals surface area (Å²) in [6, 6.07) is 12.6. The molecule has 0 aliphatic heterocycles. The number of hydrogen-bond donors (Lipinski definition) is 1. The zero-order valence-corrected chi connectivity index (χ0v) is 16.2. The molecule has 2 aromatic rings. The molecule has 0 atom stereocenters. The van der Waals surface area contributed by atoms with Crippen LogP contribution in [0, 0.1) is 5.82 Å². The normalized spacial score (nSPS) is 11.9. The van der Waals surface area contributed by atoms with E-state index in [0.29, 0.717) is 18.7 Å². The molecule has 0 aliphatic rings. The Morgan fingerprint density at radius 2 is 1.70 bits per heavy atom. The highest BCUT2D eigenvalue weighted by molar-refractivity contribution is 7.89. The third-order valence-electron chi connectivity index (χ3n) is 4.05. The highest BCUT2D eigenvalue weighted by atomic mass is 32.2. The molecule has 0 radical (unpaired) electrons. The van der Waals surface area contributed by atoms with Gasteiger partial charge >= 0.3 is 0 Å². The Hall–Kier alpha value is -2.51. The number of sulfonamides is 1. The topological polar surface area (TPSA) is 66.5 Å². The van der Waals surface area contributed by atoms with Gasteiger partial charge in [0.15, 0.2) is 0 Å². The lowest BCUT2D eigenvalue weighted by molar-refractivity contribution is -0.116. The van der Waals surface area contributed by atoms with Crippen molar-refractivity contribution in [1.82, 2.24) is 9.62 Å². The van der Waals surface area contributed by atoms with Crippen LogP contribution in [0.4, 0.5) is 4.39 Å². The molecule has 0 saturated heterocycles. The lowest BCUT2D eigenvalue weighted by Crippen LogP contribution is -2.30. The maximum Gasteiger partial charge on any atom is 0.244 e. The Morgan fingerprint density at radius 3 is 2.30 bits per heavy atom. The molecule has 0 aromatic heterocycles. The first-order valence-electron chi connectivity index (χ1n) is 8.68. The van der Waals surface area contributed by atoms with E-state index in [0.717, 1.165) is 5.56 Å². The van der Waals surface area contributed by atoms with Crippen LogP contribution in [0.2, 0.25) is 0 Å². The summed E-state index contributed by atoms with van der Waals surface area (Å²) in [7, 11) is -3.49. The fourth-order valence-electron chi connectivity index (χ4n) is 2.52. The van der Waals surface area contributed by atoms with E-state index in [-0.39, 0.29) is 17.3 Å². The van der Waals surface area contributed by atoms with E-state index >= 15 is 0 Å². The highest BCUT2D eigenvalue weighted by Crippen LogP contribution is 2.16. The molecular weight excluding hydrogens is 367 g/mol. The Bertz CT molecular complexity index is 905. The van der Waals surface area contributed by atoms with Gasteiger partial charge in [0.1, 0.15) is 5.82 Å². The Labute approximate surface area is 159 Å². The van der Waals surface area contributed by atoms with Crippen molar-refractivity contribution >= 4 is 22.0 Å². The van der Waals surface area contributed by atoms with Gasteiger partial charge < -0.3 is 5.32 Å². The van der Waals surface area contributed by atoms with Crippen molar-refractivity contribution in [2.75, 3.05) is 13.1 Å². The molecule has 0 bridgehead atoms. The number of amides is 1. The summed E-state index contributed by atoms with van der Waals surface area (Å²) in [6.45, 7) is 4.64. The number of rotatable bonds is 8. The van der Waals surface area contributed by atoms with Gasteiger partial charge in [0.05, 0.1) is 4.90 Å². The number of carbonyl (C=O) groups is 1. The molecule has 0 aliphatic carbocycles. The van der Waals surface area contributed by atoms with E-state index in [1.165, 1.54) is 34.7 Å². The van der Waals surface area contributed by atoms with Gasteiger partial charge in [-0.05, 0) is 29.8 Å².